The molecule has 124 valence electrons. The van der Waals surface area contributed by atoms with Gasteiger partial charge in [-0.3, -0.25) is 0 Å². The first-order chi connectivity index (χ1) is 12.3. The molecule has 3 aromatic rings. The number of hydrogen-bond donors (Lipinski definition) is 1. The molecule has 0 radical (unpaired) electrons. The quantitative estimate of drug-likeness (QED) is 0.434. The van der Waals surface area contributed by atoms with E-state index < -0.39 is 0 Å². The van der Waals surface area contributed by atoms with Gasteiger partial charge in [0.1, 0.15) is 0 Å². The van der Waals surface area contributed by atoms with Crippen molar-refractivity contribution in [2.45, 2.75) is 11.4 Å². The van der Waals surface area contributed by atoms with Gasteiger partial charge in [-0.15, -0.1) is 11.8 Å². The van der Waals surface area contributed by atoms with E-state index in [0.717, 1.165) is 28.6 Å². The van der Waals surface area contributed by atoms with Gasteiger partial charge in [0.2, 0.25) is 0 Å². The molecule has 0 amide bonds. The van der Waals surface area contributed by atoms with Gasteiger partial charge in [-0.1, -0.05) is 65.9 Å². The van der Waals surface area contributed by atoms with Crippen molar-refractivity contribution >= 4 is 29.1 Å². The lowest BCUT2D eigenvalue weighted by molar-refractivity contribution is 1.15. The van der Waals surface area contributed by atoms with Crippen molar-refractivity contribution in [1.29, 1.82) is 0 Å². The zero-order valence-electron chi connectivity index (χ0n) is 13.7. The summed E-state index contributed by atoms with van der Waals surface area (Å²) in [4.78, 5) is 1.24. The molecule has 25 heavy (non-hydrogen) atoms. The van der Waals surface area contributed by atoms with Crippen molar-refractivity contribution < 1.29 is 0 Å². The molecule has 1 nitrogen and oxygen atoms in total. The minimum absolute atomic E-state index is 0.745. The van der Waals surface area contributed by atoms with Gasteiger partial charge in [-0.25, -0.2) is 0 Å². The summed E-state index contributed by atoms with van der Waals surface area (Å²) in [5.41, 5.74) is 3.26. The fourth-order valence-electron chi connectivity index (χ4n) is 2.31. The zero-order valence-corrected chi connectivity index (χ0v) is 15.3. The summed E-state index contributed by atoms with van der Waals surface area (Å²) < 4.78 is 0. The van der Waals surface area contributed by atoms with Crippen molar-refractivity contribution in [2.75, 3.05) is 11.1 Å². The van der Waals surface area contributed by atoms with E-state index in [9.17, 15) is 0 Å². The van der Waals surface area contributed by atoms with Crippen LogP contribution in [0.4, 0.5) is 5.69 Å². The van der Waals surface area contributed by atoms with E-state index in [-0.39, 0.29) is 0 Å². The first-order valence-corrected chi connectivity index (χ1v) is 9.42. The first kappa shape index (κ1) is 17.5. The predicted molar refractivity (Wildman–Crippen MR) is 109 cm³/mol. The summed E-state index contributed by atoms with van der Waals surface area (Å²) >= 11 is 7.68. The standard InChI is InChI=1S/C22H18ClNS/c23-20-14-12-18(13-15-20)17-24-22-11-5-4-7-19(22)8-6-16-25-21-9-2-1-3-10-21/h1-5,7,9-15,24H,16-17H2. The summed E-state index contributed by atoms with van der Waals surface area (Å²) in [6, 6.07) is 26.3. The third-order valence-corrected chi connectivity index (χ3v) is 4.75. The number of hydrogen-bond acceptors (Lipinski definition) is 2. The van der Waals surface area contributed by atoms with Gasteiger partial charge in [0.05, 0.1) is 11.4 Å². The monoisotopic (exact) mass is 363 g/mol. The second-order valence-corrected chi connectivity index (χ2v) is 6.91. The van der Waals surface area contributed by atoms with Crippen LogP contribution in [0.5, 0.6) is 0 Å². The number of benzene rings is 3. The van der Waals surface area contributed by atoms with Gasteiger partial charge in [0.15, 0.2) is 0 Å². The maximum atomic E-state index is 5.93. The molecule has 3 heteroatoms. The van der Waals surface area contributed by atoms with Crippen LogP contribution in [0.1, 0.15) is 11.1 Å². The van der Waals surface area contributed by atoms with Crippen LogP contribution >= 0.6 is 23.4 Å². The normalized spacial score (nSPS) is 9.96. The number of halogens is 1. The molecule has 0 aromatic heterocycles. The lowest BCUT2D eigenvalue weighted by atomic mass is 10.1. The van der Waals surface area contributed by atoms with Crippen molar-refractivity contribution in [3.63, 3.8) is 0 Å². The Labute approximate surface area is 158 Å². The molecule has 0 fully saturated rings. The van der Waals surface area contributed by atoms with Crippen LogP contribution in [0.15, 0.2) is 83.8 Å². The maximum Gasteiger partial charge on any atom is 0.0598 e. The van der Waals surface area contributed by atoms with Gasteiger partial charge in [0.25, 0.3) is 0 Å². The fraction of sp³-hybridized carbons (Fsp3) is 0.0909. The minimum Gasteiger partial charge on any atom is -0.380 e. The molecule has 0 aliphatic rings. The number of rotatable bonds is 5. The Kier molecular flexibility index (Phi) is 6.45. The van der Waals surface area contributed by atoms with Crippen molar-refractivity contribution in [1.82, 2.24) is 0 Å². The minimum atomic E-state index is 0.745. The van der Waals surface area contributed by atoms with Crippen molar-refractivity contribution in [3.8, 4) is 11.8 Å². The Hall–Kier alpha value is -2.34. The lowest BCUT2D eigenvalue weighted by Gasteiger charge is -2.08. The number of anilines is 1. The maximum absolute atomic E-state index is 5.93. The third kappa shape index (κ3) is 5.60. The van der Waals surface area contributed by atoms with Crippen LogP contribution in [0, 0.1) is 11.8 Å². The molecule has 0 spiro atoms. The summed E-state index contributed by atoms with van der Waals surface area (Å²) in [6.07, 6.45) is 0. The molecule has 0 heterocycles. The molecular formula is C22H18ClNS. The van der Waals surface area contributed by atoms with Crippen LogP contribution in [0.3, 0.4) is 0 Å². The number of thioether (sulfide) groups is 1. The molecule has 0 atom stereocenters. The SMILES string of the molecule is Clc1ccc(CNc2ccccc2C#CCSc2ccccc2)cc1. The molecule has 0 bridgehead atoms. The molecule has 0 saturated heterocycles. The molecule has 0 saturated carbocycles. The highest BCUT2D eigenvalue weighted by atomic mass is 35.5. The van der Waals surface area contributed by atoms with Crippen LogP contribution in [0.25, 0.3) is 0 Å². The van der Waals surface area contributed by atoms with E-state index in [1.54, 1.807) is 11.8 Å². The Morgan fingerprint density at radius 2 is 1.56 bits per heavy atom. The highest BCUT2D eigenvalue weighted by molar-refractivity contribution is 7.99. The van der Waals surface area contributed by atoms with Gasteiger partial charge >= 0.3 is 0 Å². The highest BCUT2D eigenvalue weighted by Crippen LogP contribution is 2.18. The largest absolute Gasteiger partial charge is 0.380 e. The summed E-state index contributed by atoms with van der Waals surface area (Å²) in [5.74, 6) is 7.30. The van der Waals surface area contributed by atoms with Gasteiger partial charge in [-0.05, 0) is 42.0 Å². The molecule has 0 aliphatic heterocycles. The molecule has 1 N–H and O–H groups in total. The van der Waals surface area contributed by atoms with Crippen LogP contribution in [-0.4, -0.2) is 5.75 Å². The topological polar surface area (TPSA) is 12.0 Å². The predicted octanol–water partition coefficient (Wildman–Crippen LogP) is 6.10. The van der Waals surface area contributed by atoms with Crippen LogP contribution in [-0.2, 0) is 6.54 Å². The molecular weight excluding hydrogens is 346 g/mol. The first-order valence-electron chi connectivity index (χ1n) is 8.05. The Morgan fingerprint density at radius 3 is 2.36 bits per heavy atom. The summed E-state index contributed by atoms with van der Waals surface area (Å²) in [7, 11) is 0. The smallest absolute Gasteiger partial charge is 0.0598 e. The lowest BCUT2D eigenvalue weighted by Crippen LogP contribution is -2.00. The summed E-state index contributed by atoms with van der Waals surface area (Å²) in [5, 5.41) is 4.21. The Bertz CT molecular complexity index is 864. The van der Waals surface area contributed by atoms with E-state index in [0.29, 0.717) is 0 Å². The van der Waals surface area contributed by atoms with Gasteiger partial charge < -0.3 is 5.32 Å². The van der Waals surface area contributed by atoms with Gasteiger partial charge in [-0.2, -0.15) is 0 Å². The zero-order chi connectivity index (χ0) is 17.3. The fourth-order valence-corrected chi connectivity index (χ4v) is 3.10. The van der Waals surface area contributed by atoms with Crippen LogP contribution < -0.4 is 5.32 Å². The van der Waals surface area contributed by atoms with E-state index in [4.69, 9.17) is 11.6 Å². The molecule has 0 aliphatic carbocycles. The number of nitrogens with one attached hydrogen (secondary N) is 1. The summed E-state index contributed by atoms with van der Waals surface area (Å²) in [6.45, 7) is 0.745. The second kappa shape index (κ2) is 9.22. The molecule has 3 aromatic carbocycles. The Balaban J connectivity index is 1.61. The van der Waals surface area contributed by atoms with Crippen LogP contribution in [0.2, 0.25) is 5.02 Å². The molecule has 0 unspecified atom stereocenters. The average molecular weight is 364 g/mol. The Morgan fingerprint density at radius 1 is 0.840 bits per heavy atom. The van der Waals surface area contributed by atoms with Crippen molar-refractivity contribution in [3.05, 3.63) is 95.0 Å². The number of para-hydroxylation sites is 1. The van der Waals surface area contributed by atoms with E-state index in [1.165, 1.54) is 10.5 Å². The molecule has 3 rings (SSSR count). The van der Waals surface area contributed by atoms with E-state index in [1.807, 2.05) is 60.7 Å². The van der Waals surface area contributed by atoms with E-state index >= 15 is 0 Å². The van der Waals surface area contributed by atoms with Gasteiger partial charge in [0, 0.05) is 22.0 Å². The van der Waals surface area contributed by atoms with Crippen molar-refractivity contribution in [2.24, 2.45) is 0 Å². The highest BCUT2D eigenvalue weighted by Gasteiger charge is 1.99. The third-order valence-electron chi connectivity index (χ3n) is 3.60. The van der Waals surface area contributed by atoms with E-state index in [2.05, 4.69) is 35.4 Å². The average Bonchev–Trinajstić information content (AvgIpc) is 2.66. The second-order valence-electron chi connectivity index (χ2n) is 5.43.